The predicted octanol–water partition coefficient (Wildman–Crippen LogP) is 3.77. The number of carbonyl (C=O) groups excluding carboxylic acids is 1. The van der Waals surface area contributed by atoms with Gasteiger partial charge in [-0.1, -0.05) is 0 Å². The summed E-state index contributed by atoms with van der Waals surface area (Å²) in [7, 11) is -0.341. The second-order valence-electron chi connectivity index (χ2n) is 7.30. The Morgan fingerprint density at radius 2 is 1.94 bits per heavy atom. The number of methoxy groups -OCH3 is 2. The molecule has 4 rings (SSSR count). The van der Waals surface area contributed by atoms with Crippen LogP contribution in [0.15, 0.2) is 58.9 Å². The first kappa shape index (κ1) is 25.5. The maximum absolute atomic E-state index is 12.2. The first-order valence-electron chi connectivity index (χ1n) is 10.6. The summed E-state index contributed by atoms with van der Waals surface area (Å²) in [6.07, 6.45) is 3.72. The summed E-state index contributed by atoms with van der Waals surface area (Å²) in [4.78, 5) is 17.4. The highest BCUT2D eigenvalue weighted by molar-refractivity contribution is 7.93. The van der Waals surface area contributed by atoms with Gasteiger partial charge in [0.15, 0.2) is 5.13 Å². The molecule has 1 aliphatic heterocycles. The lowest BCUT2D eigenvalue weighted by Gasteiger charge is -2.16. The zero-order chi connectivity index (χ0) is 24.6. The van der Waals surface area contributed by atoms with Gasteiger partial charge in [-0.2, -0.15) is 0 Å². The molecular formula is C23H32N4O5S2. The van der Waals surface area contributed by atoms with Gasteiger partial charge in [0.2, 0.25) is 5.91 Å². The van der Waals surface area contributed by atoms with E-state index in [1.807, 2.05) is 18.2 Å². The highest BCUT2D eigenvalue weighted by atomic mass is 32.2. The van der Waals surface area contributed by atoms with Crippen molar-refractivity contribution >= 4 is 38.1 Å². The van der Waals surface area contributed by atoms with Gasteiger partial charge in [-0.3, -0.25) is 9.52 Å². The average Bonchev–Trinajstić information content (AvgIpc) is 3.51. The fourth-order valence-electron chi connectivity index (χ4n) is 3.41. The standard InChI is InChI=1S/C13H13N3O3S2.C10H15NO2.2H2/c17-12-2-1-8-16(12)10-3-5-11(6-4-10)21(18,19)15-13-14-7-9-20-13;1-12-9-3-4-10(13-2)8(7-9)5-6-11;;/h3-7,9H,1-2,8H2,(H,14,15);3-4,7H,5-6,11H2,1-2H3;2*1H. The van der Waals surface area contributed by atoms with Crippen molar-refractivity contribution in [2.75, 3.05) is 36.9 Å². The number of nitrogens with two attached hydrogens (primary N) is 1. The van der Waals surface area contributed by atoms with E-state index in [4.69, 9.17) is 15.2 Å². The number of hydrogen-bond donors (Lipinski definition) is 2. The van der Waals surface area contributed by atoms with E-state index in [1.54, 1.807) is 36.6 Å². The monoisotopic (exact) mass is 508 g/mol. The normalized spacial score (nSPS) is 13.3. The minimum atomic E-state index is -3.64. The number of rotatable bonds is 8. The van der Waals surface area contributed by atoms with Crippen LogP contribution in [0, 0.1) is 0 Å². The number of anilines is 2. The van der Waals surface area contributed by atoms with Crippen LogP contribution in [0.5, 0.6) is 11.5 Å². The summed E-state index contributed by atoms with van der Waals surface area (Å²) >= 11 is 1.21. The SMILES string of the molecule is COc1ccc(OC)c(CCN)c1.O=C1CCCN1c1ccc(S(=O)(=O)Nc2nccs2)cc1.[HH].[HH]. The zero-order valence-corrected chi connectivity index (χ0v) is 20.7. The molecule has 2 aromatic carbocycles. The number of nitrogens with one attached hydrogen (secondary N) is 1. The first-order valence-corrected chi connectivity index (χ1v) is 13.0. The van der Waals surface area contributed by atoms with E-state index < -0.39 is 10.0 Å². The van der Waals surface area contributed by atoms with Crippen molar-refractivity contribution in [1.82, 2.24) is 4.98 Å². The molecule has 0 aliphatic carbocycles. The molecule has 1 amide bonds. The lowest BCUT2D eigenvalue weighted by Crippen LogP contribution is -2.23. The quantitative estimate of drug-likeness (QED) is 0.475. The molecule has 0 atom stereocenters. The van der Waals surface area contributed by atoms with Gasteiger partial charge in [0.1, 0.15) is 11.5 Å². The van der Waals surface area contributed by atoms with Gasteiger partial charge < -0.3 is 20.1 Å². The minimum absolute atomic E-state index is 0. The molecule has 3 N–H and O–H groups in total. The molecule has 0 radical (unpaired) electrons. The first-order chi connectivity index (χ1) is 16.4. The zero-order valence-electron chi connectivity index (χ0n) is 19.1. The second kappa shape index (κ2) is 11.8. The van der Waals surface area contributed by atoms with Gasteiger partial charge in [-0.05, 0) is 67.4 Å². The third kappa shape index (κ3) is 6.46. The molecule has 9 nitrogen and oxygen atoms in total. The van der Waals surface area contributed by atoms with Crippen LogP contribution in [-0.4, -0.2) is 46.6 Å². The summed E-state index contributed by atoms with van der Waals surface area (Å²) < 4.78 is 37.0. The maximum atomic E-state index is 12.2. The molecule has 2 heterocycles. The van der Waals surface area contributed by atoms with Crippen LogP contribution in [0.2, 0.25) is 0 Å². The smallest absolute Gasteiger partial charge is 0.263 e. The van der Waals surface area contributed by atoms with Crippen molar-refractivity contribution < 1.29 is 25.5 Å². The number of benzene rings is 2. The Hall–Kier alpha value is -3.15. The third-order valence-electron chi connectivity index (χ3n) is 5.09. The number of thiazole rings is 1. The molecule has 0 spiro atoms. The topological polar surface area (TPSA) is 124 Å². The molecule has 1 aliphatic rings. The van der Waals surface area contributed by atoms with Crippen LogP contribution in [0.1, 0.15) is 21.3 Å². The van der Waals surface area contributed by atoms with E-state index in [-0.39, 0.29) is 13.7 Å². The van der Waals surface area contributed by atoms with Crippen molar-refractivity contribution in [3.8, 4) is 11.5 Å². The molecule has 1 aromatic heterocycles. The number of nitrogens with zero attached hydrogens (tertiary/aromatic N) is 2. The van der Waals surface area contributed by atoms with Gasteiger partial charge >= 0.3 is 0 Å². The number of hydrogen-bond acceptors (Lipinski definition) is 8. The largest absolute Gasteiger partial charge is 0.497 e. The Morgan fingerprint density at radius 3 is 2.50 bits per heavy atom. The second-order valence-corrected chi connectivity index (χ2v) is 9.88. The molecule has 1 saturated heterocycles. The molecule has 0 saturated carbocycles. The summed E-state index contributed by atoms with van der Waals surface area (Å²) in [5.41, 5.74) is 7.29. The van der Waals surface area contributed by atoms with Crippen LogP contribution < -0.4 is 24.8 Å². The van der Waals surface area contributed by atoms with E-state index in [0.717, 1.165) is 35.6 Å². The van der Waals surface area contributed by atoms with Crippen molar-refractivity contribution in [3.63, 3.8) is 0 Å². The summed E-state index contributed by atoms with van der Waals surface area (Å²) in [6, 6.07) is 12.0. The van der Waals surface area contributed by atoms with Gasteiger partial charge in [-0.15, -0.1) is 11.3 Å². The maximum Gasteiger partial charge on any atom is 0.263 e. The van der Waals surface area contributed by atoms with Gasteiger partial charge in [0.05, 0.1) is 19.1 Å². The fraction of sp³-hybridized carbons (Fsp3) is 0.304. The number of sulfonamides is 1. The van der Waals surface area contributed by atoms with E-state index in [9.17, 15) is 13.2 Å². The Bertz CT molecular complexity index is 1190. The van der Waals surface area contributed by atoms with Crippen molar-refractivity contribution in [2.24, 2.45) is 5.73 Å². The van der Waals surface area contributed by atoms with Crippen molar-refractivity contribution in [1.29, 1.82) is 0 Å². The predicted molar refractivity (Wildman–Crippen MR) is 137 cm³/mol. The van der Waals surface area contributed by atoms with Crippen LogP contribution >= 0.6 is 11.3 Å². The molecular weight excluding hydrogens is 476 g/mol. The summed E-state index contributed by atoms with van der Waals surface area (Å²) in [6.45, 7) is 1.30. The van der Waals surface area contributed by atoms with Crippen LogP contribution in [-0.2, 0) is 21.2 Å². The fourth-order valence-corrected chi connectivity index (χ4v) is 5.20. The number of ether oxygens (including phenoxy) is 2. The highest BCUT2D eigenvalue weighted by Crippen LogP contribution is 2.25. The minimum Gasteiger partial charge on any atom is -0.497 e. The van der Waals surface area contributed by atoms with Gasteiger partial charge in [-0.25, -0.2) is 13.4 Å². The van der Waals surface area contributed by atoms with Crippen LogP contribution in [0.4, 0.5) is 10.8 Å². The Labute approximate surface area is 206 Å². The molecule has 0 unspecified atom stereocenters. The van der Waals surface area contributed by atoms with Gasteiger partial charge in [0, 0.05) is 33.1 Å². The summed E-state index contributed by atoms with van der Waals surface area (Å²) in [5.74, 6) is 1.78. The highest BCUT2D eigenvalue weighted by Gasteiger charge is 2.22. The Kier molecular flexibility index (Phi) is 8.85. The molecule has 11 heteroatoms. The number of aromatic nitrogens is 1. The molecule has 186 valence electrons. The summed E-state index contributed by atoms with van der Waals surface area (Å²) in [5, 5.41) is 2.02. The lowest BCUT2D eigenvalue weighted by atomic mass is 10.1. The average molecular weight is 509 g/mol. The molecule has 1 fully saturated rings. The van der Waals surface area contributed by atoms with Crippen LogP contribution in [0.25, 0.3) is 0 Å². The Balaban J connectivity index is 0.000000378. The van der Waals surface area contributed by atoms with Crippen molar-refractivity contribution in [2.45, 2.75) is 24.2 Å². The Morgan fingerprint density at radius 1 is 1.18 bits per heavy atom. The lowest BCUT2D eigenvalue weighted by molar-refractivity contribution is -0.117. The molecule has 34 heavy (non-hydrogen) atoms. The van der Waals surface area contributed by atoms with E-state index >= 15 is 0 Å². The van der Waals surface area contributed by atoms with E-state index in [2.05, 4.69) is 9.71 Å². The van der Waals surface area contributed by atoms with Crippen LogP contribution in [0.3, 0.4) is 0 Å². The molecule has 3 aromatic rings. The molecule has 0 bridgehead atoms. The van der Waals surface area contributed by atoms with E-state index in [0.29, 0.717) is 24.6 Å². The number of carbonyl (C=O) groups is 1. The van der Waals surface area contributed by atoms with Gasteiger partial charge in [0.25, 0.3) is 10.0 Å². The number of amides is 1. The van der Waals surface area contributed by atoms with Crippen molar-refractivity contribution in [3.05, 3.63) is 59.6 Å². The van der Waals surface area contributed by atoms with E-state index in [1.165, 1.54) is 29.7 Å². The third-order valence-corrected chi connectivity index (χ3v) is 7.26.